The minimum Gasteiger partial charge on any atom is -0.349 e. The van der Waals surface area contributed by atoms with Crippen LogP contribution in [-0.2, 0) is 11.2 Å². The summed E-state index contributed by atoms with van der Waals surface area (Å²) in [6, 6.07) is 18.5. The summed E-state index contributed by atoms with van der Waals surface area (Å²) in [5.74, 6) is 0.401. The minimum atomic E-state index is 0.00480. The van der Waals surface area contributed by atoms with E-state index in [1.165, 1.54) is 17.3 Å². The van der Waals surface area contributed by atoms with Crippen LogP contribution in [0.1, 0.15) is 31.0 Å². The Balaban J connectivity index is 1.51. The molecule has 1 atom stereocenters. The third-order valence-electron chi connectivity index (χ3n) is 4.14. The van der Waals surface area contributed by atoms with Gasteiger partial charge in [-0.15, -0.1) is 11.3 Å². The second kappa shape index (κ2) is 9.01. The average Bonchev–Trinajstić information content (AvgIpc) is 3.16. The van der Waals surface area contributed by atoms with E-state index in [4.69, 9.17) is 0 Å². The normalized spacial score (nSPS) is 11.9. The van der Waals surface area contributed by atoms with Gasteiger partial charge in [0.25, 0.3) is 0 Å². The van der Waals surface area contributed by atoms with E-state index in [0.717, 1.165) is 27.6 Å². The molecule has 1 N–H and O–H groups in total. The van der Waals surface area contributed by atoms with Crippen molar-refractivity contribution in [3.63, 3.8) is 0 Å². The van der Waals surface area contributed by atoms with E-state index in [1.54, 1.807) is 11.3 Å². The molecule has 0 aliphatic rings. The minimum absolute atomic E-state index is 0.00480. The van der Waals surface area contributed by atoms with E-state index in [2.05, 4.69) is 41.5 Å². The first kappa shape index (κ1) is 18.7. The number of benzene rings is 2. The summed E-state index contributed by atoms with van der Waals surface area (Å²) in [6.07, 6.45) is 1.02. The largest absolute Gasteiger partial charge is 0.349 e. The highest BCUT2D eigenvalue weighted by atomic mass is 32.2. The molecule has 3 aromatic rings. The lowest BCUT2D eigenvalue weighted by Crippen LogP contribution is -2.28. The molecule has 0 saturated heterocycles. The fraction of sp³-hybridized carbons (Fsp3) is 0.238. The van der Waals surface area contributed by atoms with Crippen molar-refractivity contribution in [3.8, 4) is 11.3 Å². The first-order chi connectivity index (χ1) is 12.7. The van der Waals surface area contributed by atoms with Crippen molar-refractivity contribution in [3.05, 3.63) is 71.1 Å². The van der Waals surface area contributed by atoms with Crippen LogP contribution in [0.5, 0.6) is 0 Å². The molecule has 3 nitrogen and oxygen atoms in total. The molecule has 0 aliphatic heterocycles. The van der Waals surface area contributed by atoms with Gasteiger partial charge in [0.05, 0.1) is 17.5 Å². The van der Waals surface area contributed by atoms with Crippen LogP contribution >= 0.6 is 23.1 Å². The summed E-state index contributed by atoms with van der Waals surface area (Å²) >= 11 is 3.06. The number of amides is 1. The predicted molar refractivity (Wildman–Crippen MR) is 111 cm³/mol. The van der Waals surface area contributed by atoms with Crippen LogP contribution in [0, 0.1) is 0 Å². The van der Waals surface area contributed by atoms with E-state index in [-0.39, 0.29) is 11.9 Å². The van der Waals surface area contributed by atoms with Crippen molar-refractivity contribution >= 4 is 29.0 Å². The molecule has 0 radical (unpaired) electrons. The standard InChI is InChI=1S/C21H22N2OS2/c1-3-16-9-11-17(12-10-16)15(2)22-20(24)14-26-21-23-19(13-25-21)18-7-5-4-6-8-18/h4-13,15H,3,14H2,1-2H3,(H,22,24). The number of rotatable bonds is 7. The molecule has 1 unspecified atom stereocenters. The van der Waals surface area contributed by atoms with Crippen molar-refractivity contribution in [2.24, 2.45) is 0 Å². The van der Waals surface area contributed by atoms with Gasteiger partial charge >= 0.3 is 0 Å². The van der Waals surface area contributed by atoms with Crippen LogP contribution < -0.4 is 5.32 Å². The first-order valence-electron chi connectivity index (χ1n) is 8.67. The van der Waals surface area contributed by atoms with Crippen LogP contribution in [0.4, 0.5) is 0 Å². The van der Waals surface area contributed by atoms with E-state index in [1.807, 2.05) is 42.6 Å². The number of hydrogen-bond donors (Lipinski definition) is 1. The number of thiazole rings is 1. The molecule has 3 rings (SSSR count). The Morgan fingerprint density at radius 2 is 1.88 bits per heavy atom. The molecule has 134 valence electrons. The molecule has 0 fully saturated rings. The van der Waals surface area contributed by atoms with E-state index in [9.17, 15) is 4.79 Å². The van der Waals surface area contributed by atoms with Gasteiger partial charge in [-0.3, -0.25) is 4.79 Å². The van der Waals surface area contributed by atoms with Crippen molar-refractivity contribution in [2.75, 3.05) is 5.75 Å². The molecule has 0 bridgehead atoms. The highest BCUT2D eigenvalue weighted by molar-refractivity contribution is 8.01. The van der Waals surface area contributed by atoms with E-state index in [0.29, 0.717) is 5.75 Å². The number of hydrogen-bond acceptors (Lipinski definition) is 4. The van der Waals surface area contributed by atoms with Gasteiger partial charge in [-0.25, -0.2) is 4.98 Å². The monoisotopic (exact) mass is 382 g/mol. The zero-order valence-electron chi connectivity index (χ0n) is 14.9. The SMILES string of the molecule is CCc1ccc(C(C)NC(=O)CSc2nc(-c3ccccc3)cs2)cc1. The summed E-state index contributed by atoms with van der Waals surface area (Å²) in [6.45, 7) is 4.15. The van der Waals surface area contributed by atoms with Crippen LogP contribution in [0.3, 0.4) is 0 Å². The molecule has 1 heterocycles. The van der Waals surface area contributed by atoms with Gasteiger partial charge in [-0.2, -0.15) is 0 Å². The lowest BCUT2D eigenvalue weighted by Gasteiger charge is -2.14. The molecule has 0 saturated carbocycles. The van der Waals surface area contributed by atoms with Gasteiger partial charge in [0.2, 0.25) is 5.91 Å². The highest BCUT2D eigenvalue weighted by Gasteiger charge is 2.11. The number of aromatic nitrogens is 1. The summed E-state index contributed by atoms with van der Waals surface area (Å²) < 4.78 is 0.916. The lowest BCUT2D eigenvalue weighted by molar-refractivity contribution is -0.119. The molecule has 1 aromatic heterocycles. The van der Waals surface area contributed by atoms with Crippen LogP contribution in [0.15, 0.2) is 64.3 Å². The molecular formula is C21H22N2OS2. The van der Waals surface area contributed by atoms with Gasteiger partial charge in [0, 0.05) is 10.9 Å². The Kier molecular flexibility index (Phi) is 6.47. The number of nitrogens with zero attached hydrogens (tertiary/aromatic N) is 1. The van der Waals surface area contributed by atoms with Crippen LogP contribution in [0.2, 0.25) is 0 Å². The van der Waals surface area contributed by atoms with Crippen molar-refractivity contribution in [1.29, 1.82) is 0 Å². The van der Waals surface area contributed by atoms with Crippen LogP contribution in [0.25, 0.3) is 11.3 Å². The summed E-state index contributed by atoms with van der Waals surface area (Å²) in [4.78, 5) is 16.9. The number of nitrogens with one attached hydrogen (secondary N) is 1. The quantitative estimate of drug-likeness (QED) is 0.561. The average molecular weight is 383 g/mol. The molecule has 1 amide bonds. The van der Waals surface area contributed by atoms with Gasteiger partial charge in [0.1, 0.15) is 0 Å². The number of aryl methyl sites for hydroxylation is 1. The Morgan fingerprint density at radius 1 is 1.15 bits per heavy atom. The fourth-order valence-corrected chi connectivity index (χ4v) is 4.25. The third-order valence-corrected chi connectivity index (χ3v) is 6.17. The molecule has 0 aliphatic carbocycles. The summed E-state index contributed by atoms with van der Waals surface area (Å²) in [7, 11) is 0. The molecule has 0 spiro atoms. The number of thioether (sulfide) groups is 1. The Hall–Kier alpha value is -2.11. The smallest absolute Gasteiger partial charge is 0.230 e. The topological polar surface area (TPSA) is 42.0 Å². The van der Waals surface area contributed by atoms with Gasteiger partial charge in [-0.05, 0) is 24.5 Å². The molecule has 26 heavy (non-hydrogen) atoms. The van der Waals surface area contributed by atoms with E-state index >= 15 is 0 Å². The Morgan fingerprint density at radius 3 is 2.58 bits per heavy atom. The fourth-order valence-electron chi connectivity index (χ4n) is 2.60. The summed E-state index contributed by atoms with van der Waals surface area (Å²) in [5, 5.41) is 5.09. The van der Waals surface area contributed by atoms with Crippen molar-refractivity contribution < 1.29 is 4.79 Å². The third kappa shape index (κ3) is 4.96. The highest BCUT2D eigenvalue weighted by Crippen LogP contribution is 2.28. The number of carbonyl (C=O) groups is 1. The Bertz CT molecular complexity index is 844. The number of carbonyl (C=O) groups excluding carboxylic acids is 1. The van der Waals surface area contributed by atoms with Gasteiger partial charge in [0.15, 0.2) is 4.34 Å². The maximum Gasteiger partial charge on any atom is 0.230 e. The first-order valence-corrected chi connectivity index (χ1v) is 10.5. The zero-order valence-corrected chi connectivity index (χ0v) is 16.6. The lowest BCUT2D eigenvalue weighted by atomic mass is 10.1. The van der Waals surface area contributed by atoms with Crippen molar-refractivity contribution in [2.45, 2.75) is 30.6 Å². The molecule has 5 heteroatoms. The predicted octanol–water partition coefficient (Wildman–Crippen LogP) is 5.34. The molecular weight excluding hydrogens is 360 g/mol. The maximum absolute atomic E-state index is 12.2. The Labute approximate surface area is 162 Å². The van der Waals surface area contributed by atoms with Crippen LogP contribution in [-0.4, -0.2) is 16.6 Å². The summed E-state index contributed by atoms with van der Waals surface area (Å²) in [5.41, 5.74) is 4.49. The second-order valence-electron chi connectivity index (χ2n) is 6.04. The van der Waals surface area contributed by atoms with E-state index < -0.39 is 0 Å². The van der Waals surface area contributed by atoms with Gasteiger partial charge < -0.3 is 5.32 Å². The maximum atomic E-state index is 12.2. The zero-order chi connectivity index (χ0) is 18.4. The van der Waals surface area contributed by atoms with Crippen molar-refractivity contribution in [1.82, 2.24) is 10.3 Å². The van der Waals surface area contributed by atoms with Gasteiger partial charge in [-0.1, -0.05) is 73.3 Å². The second-order valence-corrected chi connectivity index (χ2v) is 8.12. The molecule has 2 aromatic carbocycles.